The number of carbonyl (C=O) groups excluding carboxylic acids is 1. The van der Waals surface area contributed by atoms with Crippen LogP contribution >= 0.6 is 11.6 Å². The largest absolute Gasteiger partial charge is 0.496 e. The molecule has 0 aliphatic carbocycles. The maximum Gasteiger partial charge on any atom is 0.257 e. The van der Waals surface area contributed by atoms with Crippen molar-refractivity contribution in [2.75, 3.05) is 20.2 Å². The van der Waals surface area contributed by atoms with Gasteiger partial charge in [0.15, 0.2) is 0 Å². The van der Waals surface area contributed by atoms with Crippen molar-refractivity contribution < 1.29 is 9.53 Å². The lowest BCUT2D eigenvalue weighted by molar-refractivity contribution is 0.0702. The van der Waals surface area contributed by atoms with Crippen molar-refractivity contribution in [1.82, 2.24) is 14.9 Å². The number of aromatic amines is 1. The Bertz CT molecular complexity index is 920. The number of aromatic nitrogens is 2. The zero-order chi connectivity index (χ0) is 18.1. The average Bonchev–Trinajstić information content (AvgIpc) is 3.12. The number of hydrogen-bond acceptors (Lipinski definition) is 3. The van der Waals surface area contributed by atoms with Gasteiger partial charge in [0.1, 0.15) is 5.75 Å². The Hall–Kier alpha value is -2.53. The number of rotatable bonds is 3. The Kier molecular flexibility index (Phi) is 4.55. The third-order valence-corrected chi connectivity index (χ3v) is 5.22. The first-order chi connectivity index (χ1) is 12.7. The number of likely N-dealkylation sites (tertiary alicyclic amines) is 1. The summed E-state index contributed by atoms with van der Waals surface area (Å²) in [6.07, 6.45) is 5.66. The molecule has 0 radical (unpaired) electrons. The predicted molar refractivity (Wildman–Crippen MR) is 102 cm³/mol. The van der Waals surface area contributed by atoms with Crippen molar-refractivity contribution in [3.63, 3.8) is 0 Å². The summed E-state index contributed by atoms with van der Waals surface area (Å²) in [6.45, 7) is 1.42. The van der Waals surface area contributed by atoms with Crippen LogP contribution in [0.5, 0.6) is 5.75 Å². The molecule has 0 spiro atoms. The summed E-state index contributed by atoms with van der Waals surface area (Å²) < 4.78 is 5.34. The Morgan fingerprint density at radius 3 is 3.04 bits per heavy atom. The number of ether oxygens (including phenoxy) is 1. The number of fused-ring (bicyclic) bond motifs is 1. The summed E-state index contributed by atoms with van der Waals surface area (Å²) in [4.78, 5) is 22.6. The van der Waals surface area contributed by atoms with Crippen molar-refractivity contribution >= 4 is 28.4 Å². The fourth-order valence-corrected chi connectivity index (χ4v) is 3.82. The van der Waals surface area contributed by atoms with Crippen LogP contribution in [0.1, 0.15) is 34.8 Å². The fourth-order valence-electron chi connectivity index (χ4n) is 3.65. The minimum atomic E-state index is -0.0353. The molecule has 3 aromatic rings. The quantitative estimate of drug-likeness (QED) is 0.751. The van der Waals surface area contributed by atoms with Crippen molar-refractivity contribution in [3.8, 4) is 5.75 Å². The number of H-pyrrole nitrogens is 1. The lowest BCUT2D eigenvalue weighted by Crippen LogP contribution is -2.39. The number of pyridine rings is 1. The Labute approximate surface area is 156 Å². The molecule has 134 valence electrons. The number of hydrogen-bond donors (Lipinski definition) is 1. The Morgan fingerprint density at radius 2 is 2.23 bits per heavy atom. The second kappa shape index (κ2) is 7.00. The third kappa shape index (κ3) is 3.15. The van der Waals surface area contributed by atoms with Crippen LogP contribution in [0.3, 0.4) is 0 Å². The van der Waals surface area contributed by atoms with Gasteiger partial charge in [-0.25, -0.2) is 0 Å². The number of nitrogens with one attached hydrogen (secondary N) is 1. The first-order valence-corrected chi connectivity index (χ1v) is 9.09. The lowest BCUT2D eigenvalue weighted by atomic mass is 9.94. The minimum absolute atomic E-state index is 0.0353. The highest BCUT2D eigenvalue weighted by Gasteiger charge is 2.28. The van der Waals surface area contributed by atoms with Gasteiger partial charge < -0.3 is 14.6 Å². The van der Waals surface area contributed by atoms with E-state index in [4.69, 9.17) is 16.3 Å². The highest BCUT2D eigenvalue weighted by Crippen LogP contribution is 2.31. The molecule has 1 unspecified atom stereocenters. The first kappa shape index (κ1) is 16.9. The Morgan fingerprint density at radius 1 is 1.35 bits per heavy atom. The van der Waals surface area contributed by atoms with Crippen LogP contribution in [0, 0.1) is 0 Å². The molecule has 2 aromatic heterocycles. The number of carbonyl (C=O) groups is 1. The van der Waals surface area contributed by atoms with E-state index < -0.39 is 0 Å². The van der Waals surface area contributed by atoms with E-state index in [-0.39, 0.29) is 11.8 Å². The van der Waals surface area contributed by atoms with Crippen LogP contribution < -0.4 is 4.74 Å². The van der Waals surface area contributed by atoms with Gasteiger partial charge in [0, 0.05) is 53.0 Å². The molecule has 26 heavy (non-hydrogen) atoms. The van der Waals surface area contributed by atoms with Crippen LogP contribution in [0.2, 0.25) is 5.02 Å². The second-order valence-electron chi connectivity index (χ2n) is 6.62. The van der Waals surface area contributed by atoms with Gasteiger partial charge in [-0.05, 0) is 43.2 Å². The molecular weight excluding hydrogens is 350 g/mol. The van der Waals surface area contributed by atoms with Crippen molar-refractivity contribution in [3.05, 3.63) is 59.0 Å². The maximum atomic E-state index is 13.0. The smallest absolute Gasteiger partial charge is 0.257 e. The first-order valence-electron chi connectivity index (χ1n) is 8.71. The van der Waals surface area contributed by atoms with Crippen LogP contribution in [-0.4, -0.2) is 41.0 Å². The lowest BCUT2D eigenvalue weighted by Gasteiger charge is -2.32. The molecule has 5 nitrogen and oxygen atoms in total. The van der Waals surface area contributed by atoms with Gasteiger partial charge >= 0.3 is 0 Å². The minimum Gasteiger partial charge on any atom is -0.496 e. The van der Waals surface area contributed by atoms with E-state index in [0.29, 0.717) is 22.9 Å². The summed E-state index contributed by atoms with van der Waals surface area (Å²) in [6, 6.07) is 9.26. The summed E-state index contributed by atoms with van der Waals surface area (Å²) in [7, 11) is 1.57. The monoisotopic (exact) mass is 369 g/mol. The predicted octanol–water partition coefficient (Wildman–Crippen LogP) is 4.24. The zero-order valence-corrected chi connectivity index (χ0v) is 15.3. The van der Waals surface area contributed by atoms with Crippen molar-refractivity contribution in [2.24, 2.45) is 0 Å². The summed E-state index contributed by atoms with van der Waals surface area (Å²) in [5, 5.41) is 1.63. The van der Waals surface area contributed by atoms with Crippen LogP contribution in [0.15, 0.2) is 42.7 Å². The summed E-state index contributed by atoms with van der Waals surface area (Å²) >= 11 is 6.09. The van der Waals surface area contributed by atoms with Gasteiger partial charge in [-0.3, -0.25) is 9.78 Å². The normalized spacial score (nSPS) is 17.5. The van der Waals surface area contributed by atoms with Gasteiger partial charge in [-0.2, -0.15) is 0 Å². The highest BCUT2D eigenvalue weighted by atomic mass is 35.5. The number of piperidine rings is 1. The van der Waals surface area contributed by atoms with Gasteiger partial charge in [0.25, 0.3) is 5.91 Å². The molecule has 1 saturated heterocycles. The molecule has 0 bridgehead atoms. The van der Waals surface area contributed by atoms with E-state index in [9.17, 15) is 4.79 Å². The molecule has 1 fully saturated rings. The molecular formula is C20H20ClN3O2. The summed E-state index contributed by atoms with van der Waals surface area (Å²) in [5.74, 6) is 0.801. The van der Waals surface area contributed by atoms with E-state index in [0.717, 1.165) is 36.0 Å². The molecule has 1 aliphatic rings. The number of benzene rings is 1. The fraction of sp³-hybridized carbons (Fsp3) is 0.300. The SMILES string of the molecule is COc1ccc(Cl)cc1C(=O)N1CCCC(c2cc3cnccc3[nH]2)C1. The highest BCUT2D eigenvalue weighted by molar-refractivity contribution is 6.31. The molecule has 1 N–H and O–H groups in total. The standard InChI is InChI=1S/C20H20ClN3O2/c1-26-19-5-4-15(21)10-16(19)20(25)24-8-2-3-13(12-24)18-9-14-11-22-7-6-17(14)23-18/h4-7,9-11,13,23H,2-3,8,12H2,1H3. The molecule has 1 amide bonds. The molecule has 1 atom stereocenters. The topological polar surface area (TPSA) is 58.2 Å². The molecule has 1 aliphatic heterocycles. The van der Waals surface area contributed by atoms with Crippen molar-refractivity contribution in [1.29, 1.82) is 0 Å². The van der Waals surface area contributed by atoms with E-state index in [1.54, 1.807) is 31.5 Å². The zero-order valence-electron chi connectivity index (χ0n) is 14.5. The molecule has 6 heteroatoms. The second-order valence-corrected chi connectivity index (χ2v) is 7.06. The van der Waals surface area contributed by atoms with Gasteiger partial charge in [-0.15, -0.1) is 0 Å². The van der Waals surface area contributed by atoms with Crippen LogP contribution in [0.4, 0.5) is 0 Å². The number of nitrogens with zero attached hydrogens (tertiary/aromatic N) is 2. The number of amides is 1. The molecule has 1 aromatic carbocycles. The van der Waals surface area contributed by atoms with Gasteiger partial charge in [0.2, 0.25) is 0 Å². The maximum absolute atomic E-state index is 13.0. The Balaban J connectivity index is 1.58. The van der Waals surface area contributed by atoms with E-state index in [1.165, 1.54) is 0 Å². The van der Waals surface area contributed by atoms with Gasteiger partial charge in [0.05, 0.1) is 12.7 Å². The average molecular weight is 370 g/mol. The molecule has 3 heterocycles. The number of methoxy groups -OCH3 is 1. The van der Waals surface area contributed by atoms with Crippen LogP contribution in [0.25, 0.3) is 10.9 Å². The molecule has 4 rings (SSSR count). The summed E-state index contributed by atoms with van der Waals surface area (Å²) in [5.41, 5.74) is 2.75. The number of halogens is 1. The third-order valence-electron chi connectivity index (χ3n) is 4.98. The van der Waals surface area contributed by atoms with Crippen molar-refractivity contribution in [2.45, 2.75) is 18.8 Å². The van der Waals surface area contributed by atoms with E-state index in [1.807, 2.05) is 17.2 Å². The van der Waals surface area contributed by atoms with E-state index in [2.05, 4.69) is 16.0 Å². The van der Waals surface area contributed by atoms with Crippen LogP contribution in [-0.2, 0) is 0 Å². The van der Waals surface area contributed by atoms with E-state index >= 15 is 0 Å². The van der Waals surface area contributed by atoms with Gasteiger partial charge in [-0.1, -0.05) is 11.6 Å². The molecule has 0 saturated carbocycles.